The van der Waals surface area contributed by atoms with Crippen molar-refractivity contribution in [2.24, 2.45) is 4.99 Å². The number of hydrogen-bond acceptors (Lipinski definition) is 7. The number of rotatable bonds is 6. The van der Waals surface area contributed by atoms with E-state index in [-0.39, 0.29) is 12.2 Å². The summed E-state index contributed by atoms with van der Waals surface area (Å²) in [5.74, 6) is 0.688. The van der Waals surface area contributed by atoms with Gasteiger partial charge < -0.3 is 14.2 Å². The summed E-state index contributed by atoms with van der Waals surface area (Å²) in [7, 11) is 3.14. The highest BCUT2D eigenvalue weighted by Crippen LogP contribution is 2.35. The minimum absolute atomic E-state index is 0.210. The molecule has 1 atom stereocenters. The Morgan fingerprint density at radius 3 is 2.62 bits per heavy atom. The predicted molar refractivity (Wildman–Crippen MR) is 134 cm³/mol. The topological polar surface area (TPSA) is 79.1 Å². The van der Waals surface area contributed by atoms with Gasteiger partial charge in [0.1, 0.15) is 17.5 Å². The van der Waals surface area contributed by atoms with Crippen molar-refractivity contribution in [3.05, 3.63) is 89.0 Å². The number of aromatic nitrogens is 1. The van der Waals surface area contributed by atoms with Crippen LogP contribution in [0.2, 0.25) is 0 Å². The molecule has 34 heavy (non-hydrogen) atoms. The van der Waals surface area contributed by atoms with Crippen LogP contribution in [0.25, 0.3) is 6.08 Å². The molecule has 1 aromatic heterocycles. The van der Waals surface area contributed by atoms with Gasteiger partial charge in [0.25, 0.3) is 5.56 Å². The number of methoxy groups -OCH3 is 2. The van der Waals surface area contributed by atoms with Crippen molar-refractivity contribution in [2.75, 3.05) is 20.8 Å². The molecular formula is C25H23BrN2O5S. The van der Waals surface area contributed by atoms with Crippen molar-refractivity contribution in [2.45, 2.75) is 19.9 Å². The second kappa shape index (κ2) is 9.99. The number of fused-ring (bicyclic) bond motifs is 1. The average Bonchev–Trinajstić information content (AvgIpc) is 3.12. The van der Waals surface area contributed by atoms with E-state index in [2.05, 4.69) is 20.9 Å². The first-order valence-corrected chi connectivity index (χ1v) is 12.2. The molecule has 0 saturated carbocycles. The van der Waals surface area contributed by atoms with E-state index in [0.717, 1.165) is 10.0 Å². The Balaban J connectivity index is 2.01. The molecule has 0 spiro atoms. The van der Waals surface area contributed by atoms with Gasteiger partial charge in [-0.3, -0.25) is 9.36 Å². The van der Waals surface area contributed by atoms with Gasteiger partial charge in [-0.1, -0.05) is 45.5 Å². The first-order valence-electron chi connectivity index (χ1n) is 10.6. The van der Waals surface area contributed by atoms with Crippen LogP contribution in [-0.4, -0.2) is 31.4 Å². The van der Waals surface area contributed by atoms with E-state index in [1.165, 1.54) is 15.9 Å². The summed E-state index contributed by atoms with van der Waals surface area (Å²) in [6, 6.07) is 12.2. The Morgan fingerprint density at radius 2 is 1.91 bits per heavy atom. The fraction of sp³-hybridized carbons (Fsp3) is 0.240. The monoisotopic (exact) mass is 542 g/mol. The first kappa shape index (κ1) is 24.0. The Kier molecular flexibility index (Phi) is 7.04. The number of para-hydroxylation sites is 1. The van der Waals surface area contributed by atoms with Crippen molar-refractivity contribution in [3.63, 3.8) is 0 Å². The van der Waals surface area contributed by atoms with E-state index in [1.54, 1.807) is 40.2 Å². The van der Waals surface area contributed by atoms with Gasteiger partial charge in [0.2, 0.25) is 0 Å². The van der Waals surface area contributed by atoms with Crippen molar-refractivity contribution < 1.29 is 19.0 Å². The Bertz CT molecular complexity index is 1470. The Hall–Kier alpha value is -3.17. The molecule has 0 amide bonds. The quantitative estimate of drug-likeness (QED) is 0.445. The maximum absolute atomic E-state index is 13.7. The molecule has 176 valence electrons. The van der Waals surface area contributed by atoms with Gasteiger partial charge in [-0.2, -0.15) is 0 Å². The first-order chi connectivity index (χ1) is 16.4. The molecule has 0 saturated heterocycles. The summed E-state index contributed by atoms with van der Waals surface area (Å²) in [4.78, 5) is 31.8. The van der Waals surface area contributed by atoms with E-state index in [4.69, 9.17) is 14.2 Å². The fourth-order valence-electron chi connectivity index (χ4n) is 3.94. The predicted octanol–water partition coefficient (Wildman–Crippen LogP) is 3.58. The highest BCUT2D eigenvalue weighted by atomic mass is 79.9. The maximum atomic E-state index is 13.7. The molecule has 2 heterocycles. The van der Waals surface area contributed by atoms with Crippen LogP contribution >= 0.6 is 27.3 Å². The van der Waals surface area contributed by atoms with Crippen LogP contribution in [0.5, 0.6) is 11.5 Å². The van der Waals surface area contributed by atoms with Gasteiger partial charge in [-0.25, -0.2) is 9.79 Å². The average molecular weight is 543 g/mol. The molecule has 7 nitrogen and oxygen atoms in total. The zero-order valence-electron chi connectivity index (χ0n) is 19.1. The highest BCUT2D eigenvalue weighted by Gasteiger charge is 2.34. The molecule has 1 unspecified atom stereocenters. The Labute approximate surface area is 208 Å². The molecule has 1 aliphatic rings. The van der Waals surface area contributed by atoms with Gasteiger partial charge >= 0.3 is 5.97 Å². The SMILES string of the molecule is CCOC(=O)C1=C(C)N=c2s/c(=C\c3cc(Br)ccc3OC)c(=O)n2C1c1ccccc1OC. The lowest BCUT2D eigenvalue weighted by Crippen LogP contribution is -2.40. The van der Waals surface area contributed by atoms with Crippen molar-refractivity contribution in [1.82, 2.24) is 4.57 Å². The minimum Gasteiger partial charge on any atom is -0.496 e. The number of nitrogens with zero attached hydrogens (tertiary/aromatic N) is 2. The molecule has 0 radical (unpaired) electrons. The summed E-state index contributed by atoms with van der Waals surface area (Å²) >= 11 is 4.73. The lowest BCUT2D eigenvalue weighted by atomic mass is 9.95. The molecule has 1 aliphatic heterocycles. The lowest BCUT2D eigenvalue weighted by Gasteiger charge is -2.25. The number of thiazole rings is 1. The molecule has 0 aliphatic carbocycles. The summed E-state index contributed by atoms with van der Waals surface area (Å²) in [6.07, 6.45) is 1.77. The van der Waals surface area contributed by atoms with Crippen molar-refractivity contribution in [3.8, 4) is 11.5 Å². The third-order valence-electron chi connectivity index (χ3n) is 5.43. The van der Waals surface area contributed by atoms with E-state index < -0.39 is 12.0 Å². The van der Waals surface area contributed by atoms with Crippen molar-refractivity contribution >= 4 is 39.3 Å². The molecule has 0 bridgehead atoms. The van der Waals surface area contributed by atoms with Crippen LogP contribution < -0.4 is 24.4 Å². The van der Waals surface area contributed by atoms with Gasteiger partial charge in [-0.05, 0) is 44.2 Å². The third kappa shape index (κ3) is 4.33. The number of ether oxygens (including phenoxy) is 3. The molecule has 0 N–H and O–H groups in total. The van der Waals surface area contributed by atoms with Gasteiger partial charge in [0.05, 0.1) is 36.6 Å². The van der Waals surface area contributed by atoms with Crippen LogP contribution in [-0.2, 0) is 9.53 Å². The van der Waals surface area contributed by atoms with Crippen LogP contribution in [0, 0.1) is 0 Å². The minimum atomic E-state index is -0.738. The van der Waals surface area contributed by atoms with Crippen LogP contribution in [0.15, 0.2) is 68.0 Å². The van der Waals surface area contributed by atoms with Crippen molar-refractivity contribution in [1.29, 1.82) is 0 Å². The zero-order chi connectivity index (χ0) is 24.4. The van der Waals surface area contributed by atoms with Crippen LogP contribution in [0.1, 0.15) is 31.0 Å². The zero-order valence-corrected chi connectivity index (χ0v) is 21.5. The third-order valence-corrected chi connectivity index (χ3v) is 6.91. The summed E-state index contributed by atoms with van der Waals surface area (Å²) in [5, 5.41) is 0. The molecule has 9 heteroatoms. The number of carbonyl (C=O) groups excluding carboxylic acids is 1. The standard InChI is InChI=1S/C25H23BrN2O5S/c1-5-33-24(30)21-14(2)27-25-28(22(21)17-8-6-7-9-19(17)32-4)23(29)20(34-25)13-15-12-16(26)10-11-18(15)31-3/h6-13,22H,5H2,1-4H3/b20-13-. The second-order valence-electron chi connectivity index (χ2n) is 7.43. The number of halogens is 1. The maximum Gasteiger partial charge on any atom is 0.338 e. The second-order valence-corrected chi connectivity index (χ2v) is 9.36. The Morgan fingerprint density at radius 1 is 1.18 bits per heavy atom. The molecule has 2 aromatic carbocycles. The number of hydrogen-bond donors (Lipinski definition) is 0. The summed E-state index contributed by atoms with van der Waals surface area (Å²) in [6.45, 7) is 3.71. The van der Waals surface area contributed by atoms with Crippen LogP contribution in [0.3, 0.4) is 0 Å². The van der Waals surface area contributed by atoms with Gasteiger partial charge in [-0.15, -0.1) is 0 Å². The number of carbonyl (C=O) groups is 1. The summed E-state index contributed by atoms with van der Waals surface area (Å²) in [5.41, 5.74) is 1.97. The lowest BCUT2D eigenvalue weighted by molar-refractivity contribution is -0.139. The van der Waals surface area contributed by atoms with E-state index in [1.807, 2.05) is 36.4 Å². The normalized spacial score (nSPS) is 15.6. The number of benzene rings is 2. The summed E-state index contributed by atoms with van der Waals surface area (Å²) < 4.78 is 19.2. The van der Waals surface area contributed by atoms with Gasteiger partial charge in [0.15, 0.2) is 4.80 Å². The largest absolute Gasteiger partial charge is 0.496 e. The van der Waals surface area contributed by atoms with Crippen LogP contribution in [0.4, 0.5) is 0 Å². The smallest absolute Gasteiger partial charge is 0.338 e. The number of allylic oxidation sites excluding steroid dienone is 1. The molecule has 0 fully saturated rings. The molecular weight excluding hydrogens is 520 g/mol. The molecule has 4 rings (SSSR count). The fourth-order valence-corrected chi connectivity index (χ4v) is 5.35. The highest BCUT2D eigenvalue weighted by molar-refractivity contribution is 9.10. The number of esters is 1. The molecule has 3 aromatic rings. The van der Waals surface area contributed by atoms with E-state index in [0.29, 0.717) is 37.7 Å². The van der Waals surface area contributed by atoms with Gasteiger partial charge in [0, 0.05) is 15.6 Å². The van der Waals surface area contributed by atoms with E-state index >= 15 is 0 Å². The van der Waals surface area contributed by atoms with E-state index in [9.17, 15) is 9.59 Å².